The van der Waals surface area contributed by atoms with Gasteiger partial charge in [-0.1, -0.05) is 6.08 Å². The third-order valence-corrected chi connectivity index (χ3v) is 2.30. The van der Waals surface area contributed by atoms with Gasteiger partial charge in [-0.2, -0.15) is 0 Å². The van der Waals surface area contributed by atoms with Gasteiger partial charge < -0.3 is 14.8 Å². The molecule has 4 nitrogen and oxygen atoms in total. The first kappa shape index (κ1) is 12.5. The van der Waals surface area contributed by atoms with Gasteiger partial charge in [-0.25, -0.2) is 4.79 Å². The van der Waals surface area contributed by atoms with E-state index in [-0.39, 0.29) is 6.04 Å². The van der Waals surface area contributed by atoms with Crippen molar-refractivity contribution in [3.63, 3.8) is 0 Å². The fourth-order valence-corrected chi connectivity index (χ4v) is 1.30. The molecule has 88 valence electrons. The van der Waals surface area contributed by atoms with Crippen LogP contribution in [-0.4, -0.2) is 23.7 Å². The summed E-state index contributed by atoms with van der Waals surface area (Å²) in [6.07, 6.45) is 4.12. The van der Waals surface area contributed by atoms with Gasteiger partial charge in [0.2, 0.25) is 0 Å². The summed E-state index contributed by atoms with van der Waals surface area (Å²) in [6, 6.07) is 4.04. The molecule has 1 rings (SSSR count). The average Bonchev–Trinajstić information content (AvgIpc) is 2.70. The van der Waals surface area contributed by atoms with Crippen molar-refractivity contribution in [3.05, 3.63) is 35.8 Å². The molecule has 0 aromatic carbocycles. The van der Waals surface area contributed by atoms with E-state index in [1.165, 1.54) is 0 Å². The second-order valence-electron chi connectivity index (χ2n) is 3.79. The van der Waals surface area contributed by atoms with Crippen LogP contribution in [-0.2, 0) is 11.2 Å². The van der Waals surface area contributed by atoms with Crippen molar-refractivity contribution in [2.24, 2.45) is 0 Å². The summed E-state index contributed by atoms with van der Waals surface area (Å²) in [5.41, 5.74) is 0.359. The van der Waals surface area contributed by atoms with Gasteiger partial charge in [0.05, 0.1) is 6.26 Å². The third-order valence-electron chi connectivity index (χ3n) is 2.30. The summed E-state index contributed by atoms with van der Waals surface area (Å²) in [5.74, 6) is 0.0550. The van der Waals surface area contributed by atoms with Crippen molar-refractivity contribution >= 4 is 5.97 Å². The molecule has 0 spiro atoms. The number of nitrogens with one attached hydrogen (secondary N) is 1. The van der Waals surface area contributed by atoms with Gasteiger partial charge in [-0.3, -0.25) is 0 Å². The van der Waals surface area contributed by atoms with E-state index in [1.54, 1.807) is 19.3 Å². The number of carboxylic acid groups (broad SMARTS) is 1. The van der Waals surface area contributed by atoms with Crippen LogP contribution in [0.5, 0.6) is 0 Å². The molecule has 1 aromatic heterocycles. The van der Waals surface area contributed by atoms with E-state index >= 15 is 0 Å². The van der Waals surface area contributed by atoms with Gasteiger partial charge in [-0.05, 0) is 26.0 Å². The second kappa shape index (κ2) is 6.12. The Balaban J connectivity index is 2.28. The molecule has 0 aliphatic heterocycles. The van der Waals surface area contributed by atoms with Gasteiger partial charge in [0, 0.05) is 24.6 Å². The number of hydrogen-bond donors (Lipinski definition) is 2. The van der Waals surface area contributed by atoms with Crippen LogP contribution in [0, 0.1) is 0 Å². The highest BCUT2D eigenvalue weighted by molar-refractivity contribution is 5.85. The van der Waals surface area contributed by atoms with Crippen LogP contribution in [0.4, 0.5) is 0 Å². The Hall–Kier alpha value is -1.55. The zero-order valence-electron chi connectivity index (χ0n) is 9.56. The number of hydrogen-bond acceptors (Lipinski definition) is 3. The first-order valence-electron chi connectivity index (χ1n) is 5.25. The Morgan fingerprint density at radius 2 is 2.44 bits per heavy atom. The topological polar surface area (TPSA) is 62.5 Å². The number of rotatable bonds is 6. The molecule has 0 radical (unpaired) electrons. The number of carbonyl (C=O) groups is 1. The minimum Gasteiger partial charge on any atom is -0.478 e. The summed E-state index contributed by atoms with van der Waals surface area (Å²) in [7, 11) is 0. The Bertz CT molecular complexity index is 354. The molecular weight excluding hydrogens is 206 g/mol. The predicted octanol–water partition coefficient (Wildman–Crippen LogP) is 1.83. The van der Waals surface area contributed by atoms with Crippen LogP contribution in [0.3, 0.4) is 0 Å². The highest BCUT2D eigenvalue weighted by Crippen LogP contribution is 2.03. The summed E-state index contributed by atoms with van der Waals surface area (Å²) in [6.45, 7) is 4.17. The van der Waals surface area contributed by atoms with E-state index in [0.29, 0.717) is 12.1 Å². The Labute approximate surface area is 95.0 Å². The maximum Gasteiger partial charge on any atom is 0.330 e. The van der Waals surface area contributed by atoms with Gasteiger partial charge in [0.25, 0.3) is 0 Å². The SMILES string of the molecule is C/C(=C/CNC(C)Cc1ccco1)C(=O)O. The summed E-state index contributed by atoms with van der Waals surface area (Å²) in [5, 5.41) is 11.9. The molecule has 1 unspecified atom stereocenters. The number of carboxylic acids is 1. The van der Waals surface area contributed by atoms with Crippen molar-refractivity contribution in [3.8, 4) is 0 Å². The van der Waals surface area contributed by atoms with Crippen molar-refractivity contribution < 1.29 is 14.3 Å². The third kappa shape index (κ3) is 4.31. The van der Waals surface area contributed by atoms with Gasteiger partial charge in [-0.15, -0.1) is 0 Å². The van der Waals surface area contributed by atoms with E-state index in [9.17, 15) is 4.79 Å². The largest absolute Gasteiger partial charge is 0.478 e. The molecule has 0 bridgehead atoms. The Morgan fingerprint density at radius 3 is 3.00 bits per heavy atom. The monoisotopic (exact) mass is 223 g/mol. The molecule has 0 aliphatic rings. The normalized spacial score (nSPS) is 13.8. The van der Waals surface area contributed by atoms with Crippen LogP contribution in [0.1, 0.15) is 19.6 Å². The highest BCUT2D eigenvalue weighted by Gasteiger charge is 2.04. The molecule has 1 heterocycles. The lowest BCUT2D eigenvalue weighted by Crippen LogP contribution is -2.28. The van der Waals surface area contributed by atoms with Gasteiger partial charge in [0.15, 0.2) is 0 Å². The zero-order valence-corrected chi connectivity index (χ0v) is 9.56. The van der Waals surface area contributed by atoms with Crippen molar-refractivity contribution in [1.29, 1.82) is 0 Å². The molecular formula is C12H17NO3. The predicted molar refractivity (Wildman–Crippen MR) is 61.3 cm³/mol. The minimum absolute atomic E-state index is 0.254. The summed E-state index contributed by atoms with van der Waals surface area (Å²) >= 11 is 0. The van der Waals surface area contributed by atoms with Crippen molar-refractivity contribution in [2.75, 3.05) is 6.54 Å². The van der Waals surface area contributed by atoms with Gasteiger partial charge in [0.1, 0.15) is 5.76 Å². The Morgan fingerprint density at radius 1 is 1.69 bits per heavy atom. The number of furan rings is 1. The lowest BCUT2D eigenvalue weighted by atomic mass is 10.2. The maximum atomic E-state index is 10.5. The van der Waals surface area contributed by atoms with E-state index in [2.05, 4.69) is 5.32 Å². The first-order valence-corrected chi connectivity index (χ1v) is 5.25. The molecule has 2 N–H and O–H groups in total. The van der Waals surface area contributed by atoms with Gasteiger partial charge >= 0.3 is 5.97 Å². The molecule has 0 aliphatic carbocycles. The number of aliphatic carboxylic acids is 1. The lowest BCUT2D eigenvalue weighted by Gasteiger charge is -2.10. The van der Waals surface area contributed by atoms with E-state index in [0.717, 1.165) is 12.2 Å². The molecule has 0 saturated carbocycles. The average molecular weight is 223 g/mol. The van der Waals surface area contributed by atoms with Crippen LogP contribution in [0.2, 0.25) is 0 Å². The molecule has 16 heavy (non-hydrogen) atoms. The lowest BCUT2D eigenvalue weighted by molar-refractivity contribution is -0.132. The second-order valence-corrected chi connectivity index (χ2v) is 3.79. The maximum absolute atomic E-state index is 10.5. The molecule has 0 amide bonds. The minimum atomic E-state index is -0.875. The summed E-state index contributed by atoms with van der Waals surface area (Å²) in [4.78, 5) is 10.5. The highest BCUT2D eigenvalue weighted by atomic mass is 16.4. The standard InChI is InChI=1S/C12H17NO3/c1-9(12(14)15)5-6-13-10(2)8-11-4-3-7-16-11/h3-5,7,10,13H,6,8H2,1-2H3,(H,14,15)/b9-5-. The van der Waals surface area contributed by atoms with Crippen molar-refractivity contribution in [2.45, 2.75) is 26.3 Å². The first-order chi connectivity index (χ1) is 7.59. The molecule has 0 fully saturated rings. The van der Waals surface area contributed by atoms with Crippen LogP contribution in [0.25, 0.3) is 0 Å². The fraction of sp³-hybridized carbons (Fsp3) is 0.417. The molecule has 1 aromatic rings. The molecule has 0 saturated heterocycles. The van der Waals surface area contributed by atoms with Crippen LogP contribution >= 0.6 is 0 Å². The van der Waals surface area contributed by atoms with E-state index in [4.69, 9.17) is 9.52 Å². The van der Waals surface area contributed by atoms with E-state index < -0.39 is 5.97 Å². The van der Waals surface area contributed by atoms with Crippen molar-refractivity contribution in [1.82, 2.24) is 5.32 Å². The van der Waals surface area contributed by atoms with Crippen LogP contribution < -0.4 is 5.32 Å². The molecule has 1 atom stereocenters. The fourth-order valence-electron chi connectivity index (χ4n) is 1.30. The summed E-state index contributed by atoms with van der Waals surface area (Å²) < 4.78 is 5.22. The smallest absolute Gasteiger partial charge is 0.330 e. The Kier molecular flexibility index (Phi) is 4.79. The quantitative estimate of drug-likeness (QED) is 0.722. The van der Waals surface area contributed by atoms with E-state index in [1.807, 2.05) is 19.1 Å². The molecule has 4 heteroatoms. The zero-order chi connectivity index (χ0) is 12.0. The van der Waals surface area contributed by atoms with Crippen LogP contribution in [0.15, 0.2) is 34.5 Å².